The van der Waals surface area contributed by atoms with Gasteiger partial charge in [-0.25, -0.2) is 14.5 Å². The molecule has 4 aromatic rings. The summed E-state index contributed by atoms with van der Waals surface area (Å²) in [6.07, 6.45) is 0. The van der Waals surface area contributed by atoms with E-state index in [9.17, 15) is 4.79 Å². The molecule has 28 heavy (non-hydrogen) atoms. The Balaban J connectivity index is 1.66. The van der Waals surface area contributed by atoms with Crippen LogP contribution in [0.25, 0.3) is 17.1 Å². The minimum absolute atomic E-state index is 0.273. The highest BCUT2D eigenvalue weighted by Gasteiger charge is 2.15. The number of hydrogen-bond donors (Lipinski definition) is 1. The molecule has 1 aromatic heterocycles. The number of nitrogens with zero attached hydrogens (tertiary/aromatic N) is 2. The molecular weight excluding hydrogens is 418 g/mol. The van der Waals surface area contributed by atoms with Crippen LogP contribution in [0.2, 0.25) is 0 Å². The Hall–Kier alpha value is -3.12. The molecule has 5 nitrogen and oxygen atoms in total. The molecule has 0 amide bonds. The van der Waals surface area contributed by atoms with Crippen LogP contribution in [0.3, 0.4) is 0 Å². The van der Waals surface area contributed by atoms with E-state index >= 15 is 0 Å². The lowest BCUT2D eigenvalue weighted by Crippen LogP contribution is -2.16. The average molecular weight is 436 g/mol. The SMILES string of the molecule is Cc1ccccc1-n1c(-c2ccc(OCc3ccccc3)c(Br)c2)n[nH]c1=O. The van der Waals surface area contributed by atoms with Crippen LogP contribution < -0.4 is 10.4 Å². The summed E-state index contributed by atoms with van der Waals surface area (Å²) in [6.45, 7) is 2.45. The predicted molar refractivity (Wildman–Crippen MR) is 113 cm³/mol. The van der Waals surface area contributed by atoms with Gasteiger partial charge >= 0.3 is 5.69 Å². The summed E-state index contributed by atoms with van der Waals surface area (Å²) in [5.74, 6) is 1.28. The molecule has 0 radical (unpaired) electrons. The van der Waals surface area contributed by atoms with Gasteiger partial charge in [0, 0.05) is 5.56 Å². The molecular formula is C22H18BrN3O2. The van der Waals surface area contributed by atoms with E-state index in [1.54, 1.807) is 4.57 Å². The second-order valence-electron chi connectivity index (χ2n) is 6.39. The lowest BCUT2D eigenvalue weighted by molar-refractivity contribution is 0.304. The average Bonchev–Trinajstić information content (AvgIpc) is 3.09. The van der Waals surface area contributed by atoms with Gasteiger partial charge in [0.1, 0.15) is 12.4 Å². The second kappa shape index (κ2) is 7.86. The van der Waals surface area contributed by atoms with Gasteiger partial charge in [-0.1, -0.05) is 48.5 Å². The number of rotatable bonds is 5. The molecule has 0 aliphatic carbocycles. The van der Waals surface area contributed by atoms with Crippen LogP contribution in [0.1, 0.15) is 11.1 Å². The zero-order valence-electron chi connectivity index (χ0n) is 15.2. The fourth-order valence-electron chi connectivity index (χ4n) is 3.02. The van der Waals surface area contributed by atoms with Crippen molar-refractivity contribution in [1.29, 1.82) is 0 Å². The standard InChI is InChI=1S/C22H18BrN3O2/c1-15-7-5-6-10-19(15)26-21(24-25-22(26)27)17-11-12-20(18(23)13-17)28-14-16-8-3-2-4-9-16/h2-13H,14H2,1H3,(H,25,27). The van der Waals surface area contributed by atoms with Crippen LogP contribution in [-0.2, 0) is 6.61 Å². The largest absolute Gasteiger partial charge is 0.488 e. The van der Waals surface area contributed by atoms with Crippen molar-refractivity contribution in [3.63, 3.8) is 0 Å². The van der Waals surface area contributed by atoms with E-state index in [2.05, 4.69) is 26.1 Å². The molecule has 0 bridgehead atoms. The van der Waals surface area contributed by atoms with E-state index in [1.165, 1.54) is 0 Å². The van der Waals surface area contributed by atoms with Crippen molar-refractivity contribution >= 4 is 15.9 Å². The van der Waals surface area contributed by atoms with Crippen LogP contribution in [-0.4, -0.2) is 14.8 Å². The van der Waals surface area contributed by atoms with Gasteiger partial charge in [0.2, 0.25) is 0 Å². The van der Waals surface area contributed by atoms with Crippen molar-refractivity contribution in [1.82, 2.24) is 14.8 Å². The lowest BCUT2D eigenvalue weighted by atomic mass is 10.1. The van der Waals surface area contributed by atoms with Gasteiger partial charge in [0.05, 0.1) is 10.2 Å². The molecule has 4 rings (SSSR count). The number of aromatic amines is 1. The molecule has 1 N–H and O–H groups in total. The van der Waals surface area contributed by atoms with E-state index in [-0.39, 0.29) is 5.69 Å². The lowest BCUT2D eigenvalue weighted by Gasteiger charge is -2.11. The van der Waals surface area contributed by atoms with E-state index < -0.39 is 0 Å². The maximum absolute atomic E-state index is 12.4. The number of aryl methyl sites for hydroxylation is 1. The van der Waals surface area contributed by atoms with Crippen molar-refractivity contribution in [2.75, 3.05) is 0 Å². The summed E-state index contributed by atoms with van der Waals surface area (Å²) >= 11 is 3.57. The molecule has 0 atom stereocenters. The molecule has 140 valence electrons. The quantitative estimate of drug-likeness (QED) is 0.485. The molecule has 6 heteroatoms. The van der Waals surface area contributed by atoms with Crippen molar-refractivity contribution in [3.8, 4) is 22.8 Å². The molecule has 3 aromatic carbocycles. The number of nitrogens with one attached hydrogen (secondary N) is 1. The van der Waals surface area contributed by atoms with Crippen molar-refractivity contribution in [3.05, 3.63) is 98.9 Å². The van der Waals surface area contributed by atoms with Gasteiger partial charge < -0.3 is 4.74 Å². The number of halogens is 1. The molecule has 0 unspecified atom stereocenters. The zero-order valence-corrected chi connectivity index (χ0v) is 16.8. The van der Waals surface area contributed by atoms with Crippen LogP contribution in [0.5, 0.6) is 5.75 Å². The van der Waals surface area contributed by atoms with E-state index in [0.717, 1.165) is 32.6 Å². The first-order chi connectivity index (χ1) is 13.6. The third-order valence-electron chi connectivity index (χ3n) is 4.46. The second-order valence-corrected chi connectivity index (χ2v) is 7.25. The highest BCUT2D eigenvalue weighted by atomic mass is 79.9. The van der Waals surface area contributed by atoms with Crippen molar-refractivity contribution < 1.29 is 4.74 Å². The number of hydrogen-bond acceptors (Lipinski definition) is 3. The number of ether oxygens (including phenoxy) is 1. The number of para-hydroxylation sites is 1. The fourth-order valence-corrected chi connectivity index (χ4v) is 3.51. The van der Waals surface area contributed by atoms with Crippen LogP contribution in [0, 0.1) is 6.92 Å². The van der Waals surface area contributed by atoms with Crippen molar-refractivity contribution in [2.45, 2.75) is 13.5 Å². The number of H-pyrrole nitrogens is 1. The highest BCUT2D eigenvalue weighted by Crippen LogP contribution is 2.31. The first-order valence-corrected chi connectivity index (χ1v) is 9.63. The summed E-state index contributed by atoms with van der Waals surface area (Å²) in [7, 11) is 0. The topological polar surface area (TPSA) is 59.9 Å². The van der Waals surface area contributed by atoms with Gasteiger partial charge in [-0.3, -0.25) is 0 Å². The number of benzene rings is 3. The first kappa shape index (κ1) is 18.3. The smallest absolute Gasteiger partial charge is 0.348 e. The minimum atomic E-state index is -0.273. The normalized spacial score (nSPS) is 10.8. The molecule has 1 heterocycles. The zero-order chi connectivity index (χ0) is 19.5. The first-order valence-electron chi connectivity index (χ1n) is 8.83. The Morgan fingerprint density at radius 1 is 1.04 bits per heavy atom. The molecule has 0 aliphatic rings. The summed E-state index contributed by atoms with van der Waals surface area (Å²) < 4.78 is 8.29. The Bertz CT molecular complexity index is 1170. The minimum Gasteiger partial charge on any atom is -0.488 e. The van der Waals surface area contributed by atoms with Crippen LogP contribution in [0.15, 0.2) is 82.1 Å². The third kappa shape index (κ3) is 3.64. The fraction of sp³-hybridized carbons (Fsp3) is 0.0909. The summed E-state index contributed by atoms with van der Waals surface area (Å²) in [5, 5.41) is 6.78. The Kier molecular flexibility index (Phi) is 5.12. The molecule has 0 saturated heterocycles. The van der Waals surface area contributed by atoms with Gasteiger partial charge in [-0.2, -0.15) is 5.10 Å². The highest BCUT2D eigenvalue weighted by molar-refractivity contribution is 9.10. The molecule has 0 spiro atoms. The van der Waals surface area contributed by atoms with Gasteiger partial charge in [-0.15, -0.1) is 0 Å². The summed E-state index contributed by atoms with van der Waals surface area (Å²) in [6, 6.07) is 23.4. The van der Waals surface area contributed by atoms with E-state index in [4.69, 9.17) is 4.74 Å². The molecule has 0 saturated carbocycles. The Morgan fingerprint density at radius 2 is 1.79 bits per heavy atom. The maximum atomic E-state index is 12.4. The third-order valence-corrected chi connectivity index (χ3v) is 5.08. The number of aromatic nitrogens is 3. The van der Waals surface area contributed by atoms with Gasteiger partial charge in [0.25, 0.3) is 0 Å². The summed E-state index contributed by atoms with van der Waals surface area (Å²) in [4.78, 5) is 12.4. The monoisotopic (exact) mass is 435 g/mol. The maximum Gasteiger partial charge on any atom is 0.348 e. The van der Waals surface area contributed by atoms with Gasteiger partial charge in [0.15, 0.2) is 5.82 Å². The van der Waals surface area contributed by atoms with E-state index in [0.29, 0.717) is 12.4 Å². The van der Waals surface area contributed by atoms with E-state index in [1.807, 2.05) is 79.7 Å². The van der Waals surface area contributed by atoms with Gasteiger partial charge in [-0.05, 0) is 58.2 Å². The summed E-state index contributed by atoms with van der Waals surface area (Å²) in [5.41, 5.74) is 3.43. The molecule has 0 fully saturated rings. The molecule has 0 aliphatic heterocycles. The van der Waals surface area contributed by atoms with Crippen LogP contribution in [0.4, 0.5) is 0 Å². The van der Waals surface area contributed by atoms with Crippen LogP contribution >= 0.6 is 15.9 Å². The Labute approximate surface area is 170 Å². The predicted octanol–water partition coefficient (Wildman–Crippen LogP) is 4.88. The van der Waals surface area contributed by atoms with Crippen molar-refractivity contribution in [2.24, 2.45) is 0 Å². The Morgan fingerprint density at radius 3 is 2.54 bits per heavy atom.